The number of nitrogens with one attached hydrogen (secondary N) is 1. The topological polar surface area (TPSA) is 46.2 Å². The van der Waals surface area contributed by atoms with Crippen molar-refractivity contribution < 1.29 is 9.59 Å². The minimum Gasteiger partial charge on any atom is -0.292 e. The predicted octanol–water partition coefficient (Wildman–Crippen LogP) is 2.10. The molecule has 0 aromatic carbocycles. The normalized spacial score (nSPS) is 27.9. The summed E-state index contributed by atoms with van der Waals surface area (Å²) in [5.41, 5.74) is 1.52. The number of thiol groups is 1. The van der Waals surface area contributed by atoms with E-state index >= 15 is 0 Å². The molecule has 1 aromatic heterocycles. The molecule has 1 aliphatic heterocycles. The van der Waals surface area contributed by atoms with E-state index in [2.05, 4.69) is 17.9 Å². The Kier molecular flexibility index (Phi) is 1.97. The van der Waals surface area contributed by atoms with Crippen molar-refractivity contribution in [1.29, 1.82) is 0 Å². The van der Waals surface area contributed by atoms with Gasteiger partial charge in [-0.15, -0.1) is 24.0 Å². The first kappa shape index (κ1) is 10.8. The molecule has 1 spiro atoms. The minimum absolute atomic E-state index is 0.124. The first-order valence-electron chi connectivity index (χ1n) is 6.02. The molecule has 1 unspecified atom stereocenters. The van der Waals surface area contributed by atoms with E-state index in [0.29, 0.717) is 10.5 Å². The van der Waals surface area contributed by atoms with Crippen LogP contribution in [0.4, 0.5) is 0 Å². The Morgan fingerprint density at radius 3 is 2.83 bits per heavy atom. The molecule has 3 aliphatic rings. The number of imide groups is 1. The van der Waals surface area contributed by atoms with Gasteiger partial charge in [0.05, 0.1) is 5.92 Å². The summed E-state index contributed by atoms with van der Waals surface area (Å²) in [6.07, 6.45) is 3.12. The molecule has 2 amide bonds. The van der Waals surface area contributed by atoms with Gasteiger partial charge >= 0.3 is 0 Å². The SMILES string of the molecule is O=C1NC(=O)C2C1=C(S)c1ccsc1C21CCC1. The van der Waals surface area contributed by atoms with Crippen molar-refractivity contribution in [3.05, 3.63) is 27.5 Å². The maximum Gasteiger partial charge on any atom is 0.255 e. The van der Waals surface area contributed by atoms with E-state index in [1.807, 2.05) is 11.4 Å². The molecule has 5 heteroatoms. The quantitative estimate of drug-likeness (QED) is 0.563. The highest BCUT2D eigenvalue weighted by Crippen LogP contribution is 2.60. The smallest absolute Gasteiger partial charge is 0.255 e. The predicted molar refractivity (Wildman–Crippen MR) is 72.4 cm³/mol. The molecule has 1 saturated heterocycles. The Balaban J connectivity index is 2.05. The largest absolute Gasteiger partial charge is 0.292 e. The number of carbonyl (C=O) groups excluding carboxylic acids is 2. The van der Waals surface area contributed by atoms with Crippen LogP contribution in [0.2, 0.25) is 0 Å². The number of thiophene rings is 1. The Hall–Kier alpha value is -1.07. The summed E-state index contributed by atoms with van der Waals surface area (Å²) in [5.74, 6) is -0.698. The van der Waals surface area contributed by atoms with Crippen molar-refractivity contribution in [2.75, 3.05) is 0 Å². The second-order valence-electron chi connectivity index (χ2n) is 5.19. The first-order chi connectivity index (χ1) is 8.65. The molecule has 0 radical (unpaired) electrons. The molecule has 1 saturated carbocycles. The highest BCUT2D eigenvalue weighted by Gasteiger charge is 2.58. The molecule has 3 nitrogen and oxygen atoms in total. The van der Waals surface area contributed by atoms with Crippen LogP contribution in [0.25, 0.3) is 4.91 Å². The Morgan fingerprint density at radius 2 is 2.17 bits per heavy atom. The van der Waals surface area contributed by atoms with Gasteiger partial charge in [-0.3, -0.25) is 14.9 Å². The van der Waals surface area contributed by atoms with Gasteiger partial charge < -0.3 is 0 Å². The van der Waals surface area contributed by atoms with Gasteiger partial charge in [-0.1, -0.05) is 6.42 Å². The molecule has 1 aromatic rings. The van der Waals surface area contributed by atoms with Crippen LogP contribution in [0.3, 0.4) is 0 Å². The molecule has 2 aliphatic carbocycles. The second-order valence-corrected chi connectivity index (χ2v) is 6.55. The van der Waals surface area contributed by atoms with Crippen LogP contribution in [0.1, 0.15) is 29.7 Å². The first-order valence-corrected chi connectivity index (χ1v) is 7.34. The summed E-state index contributed by atoms with van der Waals surface area (Å²) in [5, 5.41) is 4.49. The van der Waals surface area contributed by atoms with E-state index in [1.165, 1.54) is 4.88 Å². The Morgan fingerprint density at radius 1 is 1.39 bits per heavy atom. The third-order valence-corrected chi connectivity index (χ3v) is 6.07. The summed E-state index contributed by atoms with van der Waals surface area (Å²) in [6, 6.07) is 2.02. The fourth-order valence-electron chi connectivity index (χ4n) is 3.52. The van der Waals surface area contributed by atoms with Crippen LogP contribution in [-0.2, 0) is 15.0 Å². The Bertz CT molecular complexity index is 625. The fraction of sp³-hybridized carbons (Fsp3) is 0.385. The number of rotatable bonds is 0. The molecule has 1 N–H and O–H groups in total. The average molecular weight is 277 g/mol. The minimum atomic E-state index is -0.308. The number of amides is 2. The molecule has 92 valence electrons. The molecule has 1 atom stereocenters. The second kappa shape index (κ2) is 3.27. The van der Waals surface area contributed by atoms with E-state index in [9.17, 15) is 9.59 Å². The maximum absolute atomic E-state index is 12.1. The van der Waals surface area contributed by atoms with Gasteiger partial charge in [-0.25, -0.2) is 0 Å². The molecule has 4 rings (SSSR count). The lowest BCUT2D eigenvalue weighted by Crippen LogP contribution is -2.46. The summed E-state index contributed by atoms with van der Waals surface area (Å²) in [4.78, 5) is 26.0. The van der Waals surface area contributed by atoms with Gasteiger partial charge in [0.25, 0.3) is 5.91 Å². The molecule has 2 fully saturated rings. The molecular formula is C13H11NO2S2. The van der Waals surface area contributed by atoms with Crippen LogP contribution < -0.4 is 5.32 Å². The van der Waals surface area contributed by atoms with Gasteiger partial charge in [-0.2, -0.15) is 0 Å². The monoisotopic (exact) mass is 277 g/mol. The molecule has 2 heterocycles. The van der Waals surface area contributed by atoms with Crippen LogP contribution in [0, 0.1) is 5.92 Å². The lowest BCUT2D eigenvalue weighted by molar-refractivity contribution is -0.127. The van der Waals surface area contributed by atoms with Crippen LogP contribution in [0.5, 0.6) is 0 Å². The van der Waals surface area contributed by atoms with Gasteiger partial charge in [0.2, 0.25) is 5.91 Å². The van der Waals surface area contributed by atoms with E-state index < -0.39 is 0 Å². The lowest BCUT2D eigenvalue weighted by Gasteiger charge is -2.47. The standard InChI is InChI=1S/C13H11NO2S2/c15-11-7-8(12(16)14-11)13(3-1-4-13)10-6(9(7)17)2-5-18-10/h2,5,8,17H,1,3-4H2,(H,14,15,16). The van der Waals surface area contributed by atoms with E-state index in [-0.39, 0.29) is 23.1 Å². The summed E-state index contributed by atoms with van der Waals surface area (Å²) in [7, 11) is 0. The third-order valence-electron chi connectivity index (χ3n) is 4.46. The van der Waals surface area contributed by atoms with Crippen molar-refractivity contribution in [2.45, 2.75) is 24.7 Å². The lowest BCUT2D eigenvalue weighted by atomic mass is 9.56. The fourth-order valence-corrected chi connectivity index (χ4v) is 5.20. The van der Waals surface area contributed by atoms with Crippen molar-refractivity contribution in [3.8, 4) is 0 Å². The van der Waals surface area contributed by atoms with Crippen molar-refractivity contribution in [3.63, 3.8) is 0 Å². The number of hydrogen-bond donors (Lipinski definition) is 2. The van der Waals surface area contributed by atoms with Gasteiger partial charge in [0.15, 0.2) is 0 Å². The third kappa shape index (κ3) is 1.03. The van der Waals surface area contributed by atoms with Crippen LogP contribution in [-0.4, -0.2) is 11.8 Å². The van der Waals surface area contributed by atoms with E-state index in [4.69, 9.17) is 0 Å². The zero-order valence-electron chi connectivity index (χ0n) is 9.53. The highest BCUT2D eigenvalue weighted by molar-refractivity contribution is 7.90. The van der Waals surface area contributed by atoms with Gasteiger partial charge in [-0.05, 0) is 24.3 Å². The number of fused-ring (bicyclic) bond motifs is 4. The summed E-state index contributed by atoms with van der Waals surface area (Å²) >= 11 is 6.18. The molecular weight excluding hydrogens is 266 g/mol. The van der Waals surface area contributed by atoms with Gasteiger partial charge in [0.1, 0.15) is 0 Å². The van der Waals surface area contributed by atoms with E-state index in [0.717, 1.165) is 24.8 Å². The zero-order chi connectivity index (χ0) is 12.5. The van der Waals surface area contributed by atoms with Crippen molar-refractivity contribution >= 4 is 40.7 Å². The Labute approximate surface area is 114 Å². The summed E-state index contributed by atoms with van der Waals surface area (Å²) < 4.78 is 0. The highest BCUT2D eigenvalue weighted by atomic mass is 32.1. The average Bonchev–Trinajstić information content (AvgIpc) is 2.84. The number of carbonyl (C=O) groups is 2. The van der Waals surface area contributed by atoms with Crippen LogP contribution in [0.15, 0.2) is 17.0 Å². The van der Waals surface area contributed by atoms with Crippen LogP contribution >= 0.6 is 24.0 Å². The van der Waals surface area contributed by atoms with E-state index in [1.54, 1.807) is 11.3 Å². The van der Waals surface area contributed by atoms with Crippen molar-refractivity contribution in [1.82, 2.24) is 5.32 Å². The zero-order valence-corrected chi connectivity index (χ0v) is 11.2. The van der Waals surface area contributed by atoms with Crippen molar-refractivity contribution in [2.24, 2.45) is 5.92 Å². The van der Waals surface area contributed by atoms with Gasteiger partial charge in [0, 0.05) is 26.3 Å². The molecule has 0 bridgehead atoms. The maximum atomic E-state index is 12.1. The summed E-state index contributed by atoms with van der Waals surface area (Å²) in [6.45, 7) is 0. The number of hydrogen-bond acceptors (Lipinski definition) is 4. The molecule has 18 heavy (non-hydrogen) atoms.